The second kappa shape index (κ2) is 2.54. The van der Waals surface area contributed by atoms with E-state index in [1.165, 1.54) is 0 Å². The van der Waals surface area contributed by atoms with Gasteiger partial charge < -0.3 is 5.32 Å². The van der Waals surface area contributed by atoms with Gasteiger partial charge in [-0.2, -0.15) is 0 Å². The van der Waals surface area contributed by atoms with Crippen LogP contribution < -0.4 is 10.6 Å². The monoisotopic (exact) mass is 157 g/mol. The van der Waals surface area contributed by atoms with E-state index in [1.807, 2.05) is 0 Å². The molecule has 0 aromatic rings. The number of rotatable bonds is 0. The van der Waals surface area contributed by atoms with Gasteiger partial charge in [0.15, 0.2) is 0 Å². The van der Waals surface area contributed by atoms with Gasteiger partial charge in [-0.25, -0.2) is 0 Å². The van der Waals surface area contributed by atoms with Gasteiger partial charge in [0.2, 0.25) is 0 Å². The summed E-state index contributed by atoms with van der Waals surface area (Å²) in [4.78, 5) is 3.45. The minimum absolute atomic E-state index is 0.534. The van der Waals surface area contributed by atoms with Gasteiger partial charge in [0.25, 0.3) is 0 Å². The summed E-state index contributed by atoms with van der Waals surface area (Å²) in [5, 5.41) is 6.64. The number of hydrogen-bond donors (Lipinski definition) is 2. The maximum Gasteiger partial charge on any atom is 0.0742 e. The quantitative estimate of drug-likeness (QED) is 0.448. The summed E-state index contributed by atoms with van der Waals surface area (Å²) in [6, 6.07) is 0. The molecule has 2 aliphatic rings. The van der Waals surface area contributed by atoms with Gasteiger partial charge in [-0.1, -0.05) is 12.2 Å². The maximum absolute atomic E-state index is 5.10. The lowest BCUT2D eigenvalue weighted by Crippen LogP contribution is -2.52. The van der Waals surface area contributed by atoms with E-state index in [0.29, 0.717) is 6.17 Å². The van der Waals surface area contributed by atoms with Crippen LogP contribution in [0, 0.1) is 0 Å². The lowest BCUT2D eigenvalue weighted by molar-refractivity contribution is 0.245. The van der Waals surface area contributed by atoms with Crippen molar-refractivity contribution in [1.29, 1.82) is 0 Å². The fourth-order valence-electron chi connectivity index (χ4n) is 1.47. The molecule has 3 nitrogen and oxygen atoms in total. The van der Waals surface area contributed by atoms with Crippen molar-refractivity contribution >= 4 is 17.1 Å². The highest BCUT2D eigenvalue weighted by Crippen LogP contribution is 2.05. The summed E-state index contributed by atoms with van der Waals surface area (Å²) in [6.07, 6.45) is 0.534. The first-order chi connectivity index (χ1) is 4.86. The molecule has 1 atom stereocenters. The molecule has 10 heavy (non-hydrogen) atoms. The Labute approximate surface area is 65.8 Å². The summed E-state index contributed by atoms with van der Waals surface area (Å²) in [7, 11) is 0. The van der Waals surface area contributed by atoms with E-state index in [-0.39, 0.29) is 0 Å². The molecule has 4 heteroatoms. The van der Waals surface area contributed by atoms with E-state index >= 15 is 0 Å². The molecule has 2 rings (SSSR count). The standard InChI is InChI=1S/C6H11N3S/c10-5-1-8-6-2-7-4-9(6)3-5/h6-8H,1-4H2/t6-/m0/s1. The number of thiocarbonyl (C=S) groups is 1. The second-order valence-corrected chi connectivity index (χ2v) is 3.37. The summed E-state index contributed by atoms with van der Waals surface area (Å²) >= 11 is 5.10. The Bertz CT molecular complexity index is 159. The Morgan fingerprint density at radius 1 is 1.60 bits per heavy atom. The molecule has 0 aliphatic carbocycles. The van der Waals surface area contributed by atoms with E-state index in [4.69, 9.17) is 12.2 Å². The van der Waals surface area contributed by atoms with Gasteiger partial charge >= 0.3 is 0 Å². The fraction of sp³-hybridized carbons (Fsp3) is 0.833. The molecular weight excluding hydrogens is 146 g/mol. The van der Waals surface area contributed by atoms with Crippen molar-refractivity contribution in [3.05, 3.63) is 0 Å². The molecule has 0 bridgehead atoms. The molecule has 2 heterocycles. The summed E-state index contributed by atoms with van der Waals surface area (Å²) < 4.78 is 0. The van der Waals surface area contributed by atoms with Gasteiger partial charge in [0.05, 0.1) is 6.17 Å². The van der Waals surface area contributed by atoms with Gasteiger partial charge in [0.1, 0.15) is 0 Å². The number of nitrogens with zero attached hydrogens (tertiary/aromatic N) is 1. The van der Waals surface area contributed by atoms with Crippen LogP contribution in [0.15, 0.2) is 0 Å². The first-order valence-corrected chi connectivity index (χ1v) is 3.97. The smallest absolute Gasteiger partial charge is 0.0742 e. The van der Waals surface area contributed by atoms with Crippen LogP contribution in [0.3, 0.4) is 0 Å². The Morgan fingerprint density at radius 3 is 3.40 bits per heavy atom. The van der Waals surface area contributed by atoms with Crippen LogP contribution >= 0.6 is 12.2 Å². The third-order valence-electron chi connectivity index (χ3n) is 2.01. The van der Waals surface area contributed by atoms with Crippen LogP contribution in [-0.2, 0) is 0 Å². The summed E-state index contributed by atoms with van der Waals surface area (Å²) in [5.74, 6) is 0. The molecule has 2 aliphatic heterocycles. The molecule has 2 saturated heterocycles. The Balaban J connectivity index is 2.03. The zero-order valence-electron chi connectivity index (χ0n) is 5.76. The molecule has 2 N–H and O–H groups in total. The molecule has 0 unspecified atom stereocenters. The minimum atomic E-state index is 0.534. The van der Waals surface area contributed by atoms with Crippen molar-refractivity contribution in [3.8, 4) is 0 Å². The van der Waals surface area contributed by atoms with Crippen LogP contribution in [0.4, 0.5) is 0 Å². The van der Waals surface area contributed by atoms with Crippen LogP contribution in [0.25, 0.3) is 0 Å². The number of fused-ring (bicyclic) bond motifs is 1. The Hall–Kier alpha value is -0.0300. The first kappa shape index (κ1) is 6.67. The Kier molecular flexibility index (Phi) is 1.69. The third-order valence-corrected chi connectivity index (χ3v) is 2.28. The molecule has 0 radical (unpaired) electrons. The number of hydrogen-bond acceptors (Lipinski definition) is 4. The van der Waals surface area contributed by atoms with Crippen LogP contribution in [0.2, 0.25) is 0 Å². The molecule has 2 fully saturated rings. The molecule has 0 aromatic carbocycles. The lowest BCUT2D eigenvalue weighted by Gasteiger charge is -2.29. The summed E-state index contributed by atoms with van der Waals surface area (Å²) in [6.45, 7) is 3.94. The average molecular weight is 157 g/mol. The van der Waals surface area contributed by atoms with E-state index in [1.54, 1.807) is 0 Å². The zero-order valence-corrected chi connectivity index (χ0v) is 6.58. The largest absolute Gasteiger partial charge is 0.301 e. The van der Waals surface area contributed by atoms with Crippen molar-refractivity contribution < 1.29 is 0 Å². The highest BCUT2D eigenvalue weighted by atomic mass is 32.1. The third kappa shape index (κ3) is 1.08. The second-order valence-electron chi connectivity index (χ2n) is 2.79. The van der Waals surface area contributed by atoms with E-state index in [0.717, 1.165) is 31.2 Å². The van der Waals surface area contributed by atoms with Gasteiger partial charge in [-0.15, -0.1) is 0 Å². The normalized spacial score (nSPS) is 34.4. The van der Waals surface area contributed by atoms with E-state index in [2.05, 4.69) is 15.5 Å². The fourth-order valence-corrected chi connectivity index (χ4v) is 1.71. The van der Waals surface area contributed by atoms with E-state index in [9.17, 15) is 0 Å². The van der Waals surface area contributed by atoms with Crippen molar-refractivity contribution in [2.24, 2.45) is 0 Å². The number of nitrogens with one attached hydrogen (secondary N) is 2. The topological polar surface area (TPSA) is 27.3 Å². The molecule has 0 amide bonds. The molecular formula is C6H11N3S. The lowest BCUT2D eigenvalue weighted by atomic mass is 10.3. The van der Waals surface area contributed by atoms with E-state index < -0.39 is 0 Å². The highest BCUT2D eigenvalue weighted by molar-refractivity contribution is 7.80. The van der Waals surface area contributed by atoms with Crippen molar-refractivity contribution in [3.63, 3.8) is 0 Å². The van der Waals surface area contributed by atoms with Crippen LogP contribution in [-0.4, -0.2) is 42.2 Å². The van der Waals surface area contributed by atoms with Crippen LogP contribution in [0.1, 0.15) is 0 Å². The zero-order chi connectivity index (χ0) is 6.97. The Morgan fingerprint density at radius 2 is 2.50 bits per heavy atom. The predicted octanol–water partition coefficient (Wildman–Crippen LogP) is -0.852. The molecule has 0 saturated carbocycles. The molecule has 56 valence electrons. The first-order valence-electron chi connectivity index (χ1n) is 3.56. The average Bonchev–Trinajstić information content (AvgIpc) is 2.33. The maximum atomic E-state index is 5.10. The molecule has 0 spiro atoms. The van der Waals surface area contributed by atoms with Crippen molar-refractivity contribution in [1.82, 2.24) is 15.5 Å². The molecule has 0 aromatic heterocycles. The van der Waals surface area contributed by atoms with Gasteiger partial charge in [-0.3, -0.25) is 10.2 Å². The van der Waals surface area contributed by atoms with Crippen molar-refractivity contribution in [2.75, 3.05) is 26.3 Å². The highest BCUT2D eigenvalue weighted by Gasteiger charge is 2.27. The van der Waals surface area contributed by atoms with Gasteiger partial charge in [-0.05, 0) is 0 Å². The summed E-state index contributed by atoms with van der Waals surface area (Å²) in [5.41, 5.74) is 0. The van der Waals surface area contributed by atoms with Crippen molar-refractivity contribution in [2.45, 2.75) is 6.17 Å². The minimum Gasteiger partial charge on any atom is -0.301 e. The van der Waals surface area contributed by atoms with Gasteiger partial charge in [0, 0.05) is 31.2 Å². The van der Waals surface area contributed by atoms with Crippen LogP contribution in [0.5, 0.6) is 0 Å². The predicted molar refractivity (Wildman–Crippen MR) is 44.0 cm³/mol. The SMILES string of the molecule is S=C1CN[C@@H]2CNCN2C1.